The van der Waals surface area contributed by atoms with Crippen LogP contribution in [0.15, 0.2) is 104 Å². The maximum absolute atomic E-state index is 4.03. The molecule has 1 aliphatic carbocycles. The normalized spacial score (nSPS) is 13.2. The van der Waals surface area contributed by atoms with Gasteiger partial charge in [0.15, 0.2) is 5.82 Å². The SMILES string of the molecule is CC1(C)c2ccccc2-c2cc3c(cc21)[nH]c1ccccc13.c1ccc(-c2ncncn2)cc1. The van der Waals surface area contributed by atoms with Gasteiger partial charge in [-0.3, -0.25) is 0 Å². The van der Waals surface area contributed by atoms with Gasteiger partial charge in [0.25, 0.3) is 0 Å². The molecule has 0 aliphatic heterocycles. The molecule has 0 saturated heterocycles. The first-order valence-corrected chi connectivity index (χ1v) is 11.5. The molecule has 164 valence electrons. The fourth-order valence-electron chi connectivity index (χ4n) is 5.02. The van der Waals surface area contributed by atoms with Crippen molar-refractivity contribution in [1.82, 2.24) is 19.9 Å². The Morgan fingerprint density at radius 3 is 2.15 bits per heavy atom. The first-order chi connectivity index (χ1) is 16.6. The molecule has 4 heteroatoms. The van der Waals surface area contributed by atoms with Crippen LogP contribution in [-0.4, -0.2) is 19.9 Å². The third kappa shape index (κ3) is 3.27. The summed E-state index contributed by atoms with van der Waals surface area (Å²) in [6, 6.07) is 31.9. The Balaban J connectivity index is 0.000000154. The summed E-state index contributed by atoms with van der Waals surface area (Å²) < 4.78 is 0. The first-order valence-electron chi connectivity index (χ1n) is 11.5. The van der Waals surface area contributed by atoms with E-state index in [0.717, 1.165) is 5.56 Å². The largest absolute Gasteiger partial charge is 0.355 e. The van der Waals surface area contributed by atoms with Crippen molar-refractivity contribution in [2.24, 2.45) is 0 Å². The van der Waals surface area contributed by atoms with Crippen LogP contribution in [0.1, 0.15) is 25.0 Å². The highest BCUT2D eigenvalue weighted by molar-refractivity contribution is 6.09. The molecule has 0 bridgehead atoms. The van der Waals surface area contributed by atoms with Gasteiger partial charge < -0.3 is 4.98 Å². The number of fused-ring (bicyclic) bond motifs is 6. The van der Waals surface area contributed by atoms with Gasteiger partial charge in [0.05, 0.1) is 0 Å². The topological polar surface area (TPSA) is 54.5 Å². The van der Waals surface area contributed by atoms with Crippen LogP contribution in [0, 0.1) is 0 Å². The van der Waals surface area contributed by atoms with E-state index in [-0.39, 0.29) is 5.41 Å². The van der Waals surface area contributed by atoms with Crippen LogP contribution in [0.5, 0.6) is 0 Å². The third-order valence-electron chi connectivity index (χ3n) is 6.73. The minimum atomic E-state index is 0.0669. The van der Waals surface area contributed by atoms with Crippen LogP contribution in [0.2, 0.25) is 0 Å². The van der Waals surface area contributed by atoms with Crippen LogP contribution < -0.4 is 0 Å². The molecule has 0 saturated carbocycles. The lowest BCUT2D eigenvalue weighted by atomic mass is 9.82. The van der Waals surface area contributed by atoms with Crippen LogP contribution in [-0.2, 0) is 5.41 Å². The Kier molecular flexibility index (Phi) is 4.73. The van der Waals surface area contributed by atoms with Crippen molar-refractivity contribution >= 4 is 21.8 Å². The molecule has 7 rings (SSSR count). The zero-order valence-electron chi connectivity index (χ0n) is 19.2. The number of aromatic amines is 1. The highest BCUT2D eigenvalue weighted by Gasteiger charge is 2.35. The standard InChI is InChI=1S/C21H17N.C9H7N3/c1-21(2)17-9-5-3-7-13(17)15-11-16-14-8-4-6-10-19(14)22-20(16)12-18(15)21;1-2-4-8(5-3-1)9-11-6-10-7-12-9/h3-12,22H,1-2H3;1-7H. The van der Waals surface area contributed by atoms with Crippen LogP contribution >= 0.6 is 0 Å². The minimum absolute atomic E-state index is 0.0669. The van der Waals surface area contributed by atoms with E-state index in [1.807, 2.05) is 30.3 Å². The highest BCUT2D eigenvalue weighted by Crippen LogP contribution is 2.50. The number of H-pyrrole nitrogens is 1. The summed E-state index contributed by atoms with van der Waals surface area (Å²) in [5, 5.41) is 2.63. The van der Waals surface area contributed by atoms with Gasteiger partial charge in [-0.05, 0) is 40.5 Å². The smallest absolute Gasteiger partial charge is 0.162 e. The summed E-state index contributed by atoms with van der Waals surface area (Å²) in [6.07, 6.45) is 2.99. The lowest BCUT2D eigenvalue weighted by molar-refractivity contribution is 0.661. The molecule has 0 spiro atoms. The maximum Gasteiger partial charge on any atom is 0.162 e. The Bertz CT molecular complexity index is 1580. The summed E-state index contributed by atoms with van der Waals surface area (Å²) >= 11 is 0. The molecule has 2 aromatic heterocycles. The van der Waals surface area contributed by atoms with E-state index in [1.165, 1.54) is 56.7 Å². The minimum Gasteiger partial charge on any atom is -0.355 e. The number of nitrogens with zero attached hydrogens (tertiary/aromatic N) is 3. The molecule has 1 N–H and O–H groups in total. The predicted octanol–water partition coefficient (Wildman–Crippen LogP) is 7.17. The Hall–Kier alpha value is -4.31. The number of nitrogens with one attached hydrogen (secondary N) is 1. The molecule has 1 aliphatic rings. The number of aromatic nitrogens is 4. The van der Waals surface area contributed by atoms with E-state index in [9.17, 15) is 0 Å². The van der Waals surface area contributed by atoms with E-state index >= 15 is 0 Å². The van der Waals surface area contributed by atoms with E-state index < -0.39 is 0 Å². The van der Waals surface area contributed by atoms with Gasteiger partial charge in [-0.15, -0.1) is 0 Å². The summed E-state index contributed by atoms with van der Waals surface area (Å²) in [5.74, 6) is 0.714. The zero-order chi connectivity index (χ0) is 23.1. The van der Waals surface area contributed by atoms with Crippen molar-refractivity contribution in [2.75, 3.05) is 0 Å². The second-order valence-corrected chi connectivity index (χ2v) is 9.11. The van der Waals surface area contributed by atoms with Crippen molar-refractivity contribution in [3.8, 4) is 22.5 Å². The van der Waals surface area contributed by atoms with Crippen molar-refractivity contribution in [3.05, 3.63) is 115 Å². The number of benzene rings is 4. The second-order valence-electron chi connectivity index (χ2n) is 9.11. The quantitative estimate of drug-likeness (QED) is 0.295. The first kappa shape index (κ1) is 20.3. The molecule has 0 unspecified atom stereocenters. The Morgan fingerprint density at radius 2 is 1.32 bits per heavy atom. The summed E-state index contributed by atoms with van der Waals surface area (Å²) in [7, 11) is 0. The average molecular weight is 441 g/mol. The van der Waals surface area contributed by atoms with Crippen molar-refractivity contribution in [1.29, 1.82) is 0 Å². The molecule has 0 fully saturated rings. The van der Waals surface area contributed by atoms with Gasteiger partial charge in [0, 0.05) is 32.8 Å². The molecule has 4 nitrogen and oxygen atoms in total. The molecule has 34 heavy (non-hydrogen) atoms. The van der Waals surface area contributed by atoms with E-state index in [0.29, 0.717) is 5.82 Å². The Morgan fingerprint density at radius 1 is 0.618 bits per heavy atom. The van der Waals surface area contributed by atoms with Crippen LogP contribution in [0.25, 0.3) is 44.3 Å². The molecule has 4 aromatic carbocycles. The molecule has 2 heterocycles. The number of hydrogen-bond donors (Lipinski definition) is 1. The summed E-state index contributed by atoms with van der Waals surface area (Å²) in [6.45, 7) is 4.65. The molecular weight excluding hydrogens is 416 g/mol. The summed E-state index contributed by atoms with van der Waals surface area (Å²) in [4.78, 5) is 15.4. The van der Waals surface area contributed by atoms with Crippen molar-refractivity contribution < 1.29 is 0 Å². The van der Waals surface area contributed by atoms with Gasteiger partial charge in [0.2, 0.25) is 0 Å². The van der Waals surface area contributed by atoms with Crippen molar-refractivity contribution in [2.45, 2.75) is 19.3 Å². The van der Waals surface area contributed by atoms with E-state index in [2.05, 4.69) is 94.4 Å². The number of rotatable bonds is 1. The Labute approximate surface area is 198 Å². The molecule has 0 radical (unpaired) electrons. The molecule has 6 aromatic rings. The zero-order valence-corrected chi connectivity index (χ0v) is 19.2. The lowest BCUT2D eigenvalue weighted by Crippen LogP contribution is -2.14. The number of para-hydroxylation sites is 1. The fourth-order valence-corrected chi connectivity index (χ4v) is 5.02. The second kappa shape index (κ2) is 7.92. The molecule has 0 atom stereocenters. The number of hydrogen-bond acceptors (Lipinski definition) is 3. The van der Waals surface area contributed by atoms with E-state index in [1.54, 1.807) is 0 Å². The monoisotopic (exact) mass is 440 g/mol. The summed E-state index contributed by atoms with van der Waals surface area (Å²) in [5.41, 5.74) is 9.16. The van der Waals surface area contributed by atoms with Crippen LogP contribution in [0.4, 0.5) is 0 Å². The molecular formula is C30H24N4. The van der Waals surface area contributed by atoms with Gasteiger partial charge in [-0.25, -0.2) is 15.0 Å². The highest BCUT2D eigenvalue weighted by atomic mass is 15.0. The lowest BCUT2D eigenvalue weighted by Gasteiger charge is -2.21. The molecule has 0 amide bonds. The van der Waals surface area contributed by atoms with Gasteiger partial charge in [-0.2, -0.15) is 0 Å². The van der Waals surface area contributed by atoms with Crippen LogP contribution in [0.3, 0.4) is 0 Å². The van der Waals surface area contributed by atoms with Gasteiger partial charge in [-0.1, -0.05) is 86.6 Å². The third-order valence-corrected chi connectivity index (χ3v) is 6.73. The average Bonchev–Trinajstić information content (AvgIpc) is 3.37. The van der Waals surface area contributed by atoms with Gasteiger partial charge >= 0.3 is 0 Å². The predicted molar refractivity (Wildman–Crippen MR) is 139 cm³/mol. The van der Waals surface area contributed by atoms with E-state index in [4.69, 9.17) is 0 Å². The van der Waals surface area contributed by atoms with Crippen molar-refractivity contribution in [3.63, 3.8) is 0 Å². The van der Waals surface area contributed by atoms with Gasteiger partial charge in [0.1, 0.15) is 12.7 Å². The fraction of sp³-hybridized carbons (Fsp3) is 0.100. The maximum atomic E-state index is 4.03.